The van der Waals surface area contributed by atoms with Crippen LogP contribution in [-0.4, -0.2) is 71.6 Å². The zero-order valence-electron chi connectivity index (χ0n) is 20.5. The maximum absolute atomic E-state index is 10.6. The van der Waals surface area contributed by atoms with E-state index in [0.29, 0.717) is 12.1 Å². The van der Waals surface area contributed by atoms with Crippen LogP contribution >= 0.6 is 11.6 Å². The van der Waals surface area contributed by atoms with E-state index < -0.39 is 12.1 Å². The van der Waals surface area contributed by atoms with Crippen LogP contribution < -0.4 is 4.90 Å². The fourth-order valence-corrected chi connectivity index (χ4v) is 5.11. The summed E-state index contributed by atoms with van der Waals surface area (Å²) in [4.78, 5) is 18.6. The molecule has 2 saturated heterocycles. The van der Waals surface area contributed by atoms with Crippen LogP contribution in [0.1, 0.15) is 38.2 Å². The van der Waals surface area contributed by atoms with Gasteiger partial charge in [-0.15, -0.1) is 0 Å². The molecule has 0 saturated carbocycles. The lowest BCUT2D eigenvalue weighted by Gasteiger charge is -2.49. The highest BCUT2D eigenvalue weighted by Crippen LogP contribution is 2.35. The molecule has 0 bridgehead atoms. The predicted molar refractivity (Wildman–Crippen MR) is 133 cm³/mol. The Morgan fingerprint density at radius 3 is 2.33 bits per heavy atom. The number of alkyl halides is 3. The van der Waals surface area contributed by atoms with Crippen molar-refractivity contribution in [1.29, 1.82) is 0 Å². The number of rotatable bonds is 5. The van der Waals surface area contributed by atoms with Crippen molar-refractivity contribution < 1.29 is 27.8 Å². The van der Waals surface area contributed by atoms with E-state index in [9.17, 15) is 13.2 Å². The number of ether oxygens (including phenoxy) is 1. The molecule has 0 amide bonds. The molecule has 3 heterocycles. The van der Waals surface area contributed by atoms with E-state index in [4.69, 9.17) is 26.2 Å². The molecule has 1 N–H and O–H groups in total. The van der Waals surface area contributed by atoms with Gasteiger partial charge >= 0.3 is 12.1 Å². The summed E-state index contributed by atoms with van der Waals surface area (Å²) in [6.07, 6.45) is 2.42. The fraction of sp³-hybridized carbons (Fsp3) is 0.538. The van der Waals surface area contributed by atoms with Crippen molar-refractivity contribution in [3.63, 3.8) is 0 Å². The number of aliphatic carboxylic acids is 1. The van der Waals surface area contributed by atoms with Gasteiger partial charge in [-0.05, 0) is 68.9 Å². The van der Waals surface area contributed by atoms with Crippen LogP contribution in [0.2, 0.25) is 5.02 Å². The molecular weight excluding hydrogens is 495 g/mol. The number of halogens is 4. The topological polar surface area (TPSA) is 65.9 Å². The summed E-state index contributed by atoms with van der Waals surface area (Å²) in [5, 5.41) is 7.93. The largest absolute Gasteiger partial charge is 0.490 e. The number of carboxylic acids is 1. The third-order valence-corrected chi connectivity index (χ3v) is 7.31. The summed E-state index contributed by atoms with van der Waals surface area (Å²) in [6, 6.07) is 15.7. The van der Waals surface area contributed by atoms with Gasteiger partial charge in [-0.1, -0.05) is 29.8 Å². The first kappa shape index (κ1) is 28.2. The van der Waals surface area contributed by atoms with E-state index in [1.165, 1.54) is 18.4 Å². The molecule has 0 radical (unpaired) electrons. The molecule has 2 atom stereocenters. The van der Waals surface area contributed by atoms with Gasteiger partial charge in [0, 0.05) is 50.0 Å². The second kappa shape index (κ2) is 12.3. The molecule has 0 spiro atoms. The quantitative estimate of drug-likeness (QED) is 0.558. The Kier molecular flexibility index (Phi) is 9.60. The van der Waals surface area contributed by atoms with E-state index >= 15 is 0 Å². The van der Waals surface area contributed by atoms with E-state index in [1.54, 1.807) is 0 Å². The zero-order chi connectivity index (χ0) is 26.3. The Bertz CT molecular complexity index is 970. The summed E-state index contributed by atoms with van der Waals surface area (Å²) in [5.41, 5.74) is 1.33. The number of pyridine rings is 1. The van der Waals surface area contributed by atoms with Crippen LogP contribution in [0.4, 0.5) is 19.0 Å². The first-order valence-corrected chi connectivity index (χ1v) is 12.4. The van der Waals surface area contributed by atoms with Crippen molar-refractivity contribution in [1.82, 2.24) is 9.88 Å². The molecule has 2 aromatic rings. The Morgan fingerprint density at radius 2 is 1.81 bits per heavy atom. The average Bonchev–Trinajstić information content (AvgIpc) is 2.86. The van der Waals surface area contributed by atoms with E-state index in [1.807, 2.05) is 31.5 Å². The number of anilines is 1. The third-order valence-electron chi connectivity index (χ3n) is 7.06. The van der Waals surface area contributed by atoms with Gasteiger partial charge in [0.2, 0.25) is 0 Å². The predicted octanol–water partition coefficient (Wildman–Crippen LogP) is 5.45. The number of hydrogen-bond acceptors (Lipinski definition) is 5. The van der Waals surface area contributed by atoms with Gasteiger partial charge in [-0.3, -0.25) is 4.90 Å². The molecule has 2 aliphatic heterocycles. The van der Waals surface area contributed by atoms with Crippen molar-refractivity contribution in [2.24, 2.45) is 0 Å². The van der Waals surface area contributed by atoms with Gasteiger partial charge in [0.1, 0.15) is 5.82 Å². The van der Waals surface area contributed by atoms with Crippen LogP contribution in [0.15, 0.2) is 48.7 Å². The third kappa shape index (κ3) is 7.82. The normalized spacial score (nSPS) is 23.6. The maximum atomic E-state index is 10.6. The monoisotopic (exact) mass is 527 g/mol. The molecule has 4 rings (SSSR count). The highest BCUT2D eigenvalue weighted by Gasteiger charge is 2.40. The van der Waals surface area contributed by atoms with Crippen molar-refractivity contribution in [3.8, 4) is 0 Å². The number of hydrogen-bond donors (Lipinski definition) is 1. The Balaban J connectivity index is 0.000000454. The minimum atomic E-state index is -5.08. The van der Waals surface area contributed by atoms with Crippen LogP contribution in [-0.2, 0) is 16.0 Å². The van der Waals surface area contributed by atoms with Crippen molar-refractivity contribution in [2.45, 2.75) is 62.9 Å². The van der Waals surface area contributed by atoms with Crippen LogP contribution in [0, 0.1) is 0 Å². The summed E-state index contributed by atoms with van der Waals surface area (Å²) in [5.74, 6) is -1.65. The summed E-state index contributed by atoms with van der Waals surface area (Å²) in [7, 11) is 1.86. The van der Waals surface area contributed by atoms with Gasteiger partial charge < -0.3 is 14.7 Å². The molecule has 10 heteroatoms. The summed E-state index contributed by atoms with van der Waals surface area (Å²) in [6.45, 7) is 5.53. The molecule has 1 aromatic heterocycles. The van der Waals surface area contributed by atoms with Gasteiger partial charge in [0.25, 0.3) is 0 Å². The SMILES string of the molecule is COC1(C)CCN(C2CCN(c3ccccn3)CC2)[C@@H](Cc2ccc(Cl)cc2)C1.O=C(O)C(F)(F)F. The van der Waals surface area contributed by atoms with Crippen LogP contribution in [0.5, 0.6) is 0 Å². The van der Waals surface area contributed by atoms with Crippen molar-refractivity contribution >= 4 is 23.4 Å². The second-order valence-electron chi connectivity index (χ2n) is 9.54. The molecule has 2 aliphatic rings. The zero-order valence-corrected chi connectivity index (χ0v) is 21.3. The van der Waals surface area contributed by atoms with Crippen LogP contribution in [0.25, 0.3) is 0 Å². The average molecular weight is 528 g/mol. The molecule has 1 aromatic carbocycles. The number of aromatic nitrogens is 1. The lowest BCUT2D eigenvalue weighted by Crippen LogP contribution is -2.56. The lowest BCUT2D eigenvalue weighted by molar-refractivity contribution is -0.192. The molecule has 1 unspecified atom stereocenters. The number of benzene rings is 1. The number of methoxy groups -OCH3 is 1. The molecule has 198 valence electrons. The van der Waals surface area contributed by atoms with E-state index in [-0.39, 0.29) is 5.60 Å². The Labute approximate surface area is 215 Å². The van der Waals surface area contributed by atoms with Crippen LogP contribution in [0.3, 0.4) is 0 Å². The van der Waals surface area contributed by atoms with Gasteiger partial charge in [-0.25, -0.2) is 9.78 Å². The number of carbonyl (C=O) groups is 1. The van der Waals surface area contributed by atoms with Gasteiger partial charge in [0.15, 0.2) is 0 Å². The van der Waals surface area contributed by atoms with E-state index in [2.05, 4.69) is 46.0 Å². The van der Waals surface area contributed by atoms with Gasteiger partial charge in [-0.2, -0.15) is 13.2 Å². The minimum Gasteiger partial charge on any atom is -0.475 e. The first-order chi connectivity index (χ1) is 17.0. The van der Waals surface area contributed by atoms with Gasteiger partial charge in [0.05, 0.1) is 5.60 Å². The number of piperidine rings is 2. The standard InChI is InChI=1S/C24H32ClN3O.C2HF3O2/c1-24(29-2)12-16-28(22(18-24)17-19-6-8-20(25)9-7-19)21-10-14-27(15-11-21)23-5-3-4-13-26-23;3-2(4,5)1(6)7/h3-9,13,21-22H,10-12,14-18H2,1-2H3;(H,6,7)/t22-,24?;/m0./s1. The second-order valence-corrected chi connectivity index (χ2v) is 9.98. The number of nitrogens with zero attached hydrogens (tertiary/aromatic N) is 3. The highest BCUT2D eigenvalue weighted by molar-refractivity contribution is 6.30. The number of carboxylic acid groups (broad SMARTS) is 1. The summed E-state index contributed by atoms with van der Waals surface area (Å²) < 4.78 is 37.6. The van der Waals surface area contributed by atoms with Crippen molar-refractivity contribution in [2.75, 3.05) is 31.6 Å². The maximum Gasteiger partial charge on any atom is 0.490 e. The van der Waals surface area contributed by atoms with E-state index in [0.717, 1.165) is 49.7 Å². The highest BCUT2D eigenvalue weighted by atomic mass is 35.5. The molecule has 2 fully saturated rings. The number of likely N-dealkylation sites (tertiary alicyclic amines) is 1. The Morgan fingerprint density at radius 1 is 1.17 bits per heavy atom. The lowest BCUT2D eigenvalue weighted by atomic mass is 9.83. The van der Waals surface area contributed by atoms with Crippen molar-refractivity contribution in [3.05, 3.63) is 59.2 Å². The Hall–Kier alpha value is -2.36. The molecule has 6 nitrogen and oxygen atoms in total. The fourth-order valence-electron chi connectivity index (χ4n) is 4.98. The molecule has 36 heavy (non-hydrogen) atoms. The summed E-state index contributed by atoms with van der Waals surface area (Å²) >= 11 is 6.10. The minimum absolute atomic E-state index is 0.0255. The smallest absolute Gasteiger partial charge is 0.475 e. The first-order valence-electron chi connectivity index (χ1n) is 12.0. The molecular formula is C26H33ClF3N3O3. The molecule has 0 aliphatic carbocycles.